The number of methoxy groups -OCH3 is 1. The predicted octanol–water partition coefficient (Wildman–Crippen LogP) is 2.24. The number of imidazole rings is 1. The fourth-order valence-electron chi connectivity index (χ4n) is 2.15. The van der Waals surface area contributed by atoms with E-state index in [4.69, 9.17) is 4.74 Å². The second-order valence-corrected chi connectivity index (χ2v) is 4.64. The van der Waals surface area contributed by atoms with Gasteiger partial charge in [0.25, 0.3) is 0 Å². The first-order valence-corrected chi connectivity index (χ1v) is 6.35. The van der Waals surface area contributed by atoms with Crippen LogP contribution in [0.15, 0.2) is 30.7 Å². The summed E-state index contributed by atoms with van der Waals surface area (Å²) in [4.78, 5) is 8.48. The molecule has 5 nitrogen and oxygen atoms in total. The molecule has 19 heavy (non-hydrogen) atoms. The highest BCUT2D eigenvalue weighted by Crippen LogP contribution is 2.20. The van der Waals surface area contributed by atoms with Crippen molar-refractivity contribution in [2.24, 2.45) is 7.05 Å². The lowest BCUT2D eigenvalue weighted by molar-refractivity contribution is 0.395. The quantitative estimate of drug-likeness (QED) is 0.895. The number of aryl methyl sites for hydroxylation is 1. The molecule has 0 bridgehead atoms. The zero-order valence-corrected chi connectivity index (χ0v) is 11.8. The molecule has 2 atom stereocenters. The Balaban J connectivity index is 2.08. The average Bonchev–Trinajstić information content (AvgIpc) is 2.85. The van der Waals surface area contributed by atoms with Gasteiger partial charge < -0.3 is 14.6 Å². The summed E-state index contributed by atoms with van der Waals surface area (Å²) in [6, 6.07) is 4.31. The van der Waals surface area contributed by atoms with Crippen LogP contribution in [0.25, 0.3) is 0 Å². The Labute approximate surface area is 113 Å². The minimum atomic E-state index is 0.175. The van der Waals surface area contributed by atoms with Crippen LogP contribution in [0, 0.1) is 0 Å². The Morgan fingerprint density at radius 3 is 2.63 bits per heavy atom. The van der Waals surface area contributed by atoms with Crippen molar-refractivity contribution in [2.75, 3.05) is 7.11 Å². The van der Waals surface area contributed by atoms with Gasteiger partial charge in [0.15, 0.2) is 0 Å². The zero-order chi connectivity index (χ0) is 13.8. The van der Waals surface area contributed by atoms with Crippen LogP contribution >= 0.6 is 0 Å². The summed E-state index contributed by atoms with van der Waals surface area (Å²) in [6.07, 6.45) is 5.53. The highest BCUT2D eigenvalue weighted by atomic mass is 16.5. The molecule has 0 fully saturated rings. The van der Waals surface area contributed by atoms with E-state index in [1.807, 2.05) is 36.1 Å². The molecular weight excluding hydrogens is 240 g/mol. The molecule has 2 rings (SSSR count). The zero-order valence-electron chi connectivity index (χ0n) is 11.8. The molecule has 2 heterocycles. The third-order valence-electron chi connectivity index (χ3n) is 3.21. The standard InChI is InChI=1S/C14H20N4O/c1-10(12-5-6-15-13(9-12)19-4)17-11(2)14-16-7-8-18(14)3/h5-11,17H,1-4H3. The van der Waals surface area contributed by atoms with Crippen molar-refractivity contribution >= 4 is 0 Å². The number of nitrogens with zero attached hydrogens (tertiary/aromatic N) is 3. The normalized spacial score (nSPS) is 14.1. The van der Waals surface area contributed by atoms with Crippen molar-refractivity contribution in [3.63, 3.8) is 0 Å². The molecule has 0 amide bonds. The van der Waals surface area contributed by atoms with E-state index >= 15 is 0 Å². The van der Waals surface area contributed by atoms with Crippen molar-refractivity contribution in [1.82, 2.24) is 19.9 Å². The molecule has 2 aromatic heterocycles. The van der Waals surface area contributed by atoms with E-state index < -0.39 is 0 Å². The Morgan fingerprint density at radius 2 is 2.00 bits per heavy atom. The first-order valence-electron chi connectivity index (χ1n) is 6.35. The molecule has 0 saturated heterocycles. The van der Waals surface area contributed by atoms with Crippen LogP contribution < -0.4 is 10.1 Å². The van der Waals surface area contributed by atoms with Gasteiger partial charge in [-0.05, 0) is 25.5 Å². The van der Waals surface area contributed by atoms with Gasteiger partial charge in [0, 0.05) is 37.7 Å². The van der Waals surface area contributed by atoms with Gasteiger partial charge in [-0.1, -0.05) is 0 Å². The molecule has 0 aliphatic heterocycles. The Morgan fingerprint density at radius 1 is 1.21 bits per heavy atom. The van der Waals surface area contributed by atoms with Crippen LogP contribution in [0.1, 0.15) is 37.3 Å². The van der Waals surface area contributed by atoms with Gasteiger partial charge in [-0.25, -0.2) is 9.97 Å². The van der Waals surface area contributed by atoms with Gasteiger partial charge in [-0.2, -0.15) is 0 Å². The number of ether oxygens (including phenoxy) is 1. The van der Waals surface area contributed by atoms with Crippen LogP contribution in [-0.2, 0) is 7.05 Å². The monoisotopic (exact) mass is 260 g/mol. The van der Waals surface area contributed by atoms with Gasteiger partial charge in [0.2, 0.25) is 5.88 Å². The van der Waals surface area contributed by atoms with Crippen LogP contribution in [0.3, 0.4) is 0 Å². The van der Waals surface area contributed by atoms with E-state index in [0.29, 0.717) is 5.88 Å². The van der Waals surface area contributed by atoms with Crippen LogP contribution in [-0.4, -0.2) is 21.6 Å². The molecule has 2 aromatic rings. The van der Waals surface area contributed by atoms with Crippen molar-refractivity contribution in [1.29, 1.82) is 0 Å². The maximum atomic E-state index is 5.15. The topological polar surface area (TPSA) is 52.0 Å². The number of hydrogen-bond donors (Lipinski definition) is 1. The smallest absolute Gasteiger partial charge is 0.213 e. The van der Waals surface area contributed by atoms with E-state index in [1.165, 1.54) is 0 Å². The van der Waals surface area contributed by atoms with Gasteiger partial charge in [0.1, 0.15) is 5.82 Å². The number of hydrogen-bond acceptors (Lipinski definition) is 4. The van der Waals surface area contributed by atoms with Crippen LogP contribution in [0.4, 0.5) is 0 Å². The van der Waals surface area contributed by atoms with E-state index in [9.17, 15) is 0 Å². The lowest BCUT2D eigenvalue weighted by Gasteiger charge is -2.20. The van der Waals surface area contributed by atoms with Gasteiger partial charge in [-0.15, -0.1) is 0 Å². The first kappa shape index (κ1) is 13.5. The highest BCUT2D eigenvalue weighted by molar-refractivity contribution is 5.23. The Bertz CT molecular complexity index is 538. The molecule has 5 heteroatoms. The summed E-state index contributed by atoms with van der Waals surface area (Å²) < 4.78 is 7.17. The Kier molecular flexibility index (Phi) is 4.16. The molecule has 0 saturated carbocycles. The van der Waals surface area contributed by atoms with Crippen molar-refractivity contribution in [2.45, 2.75) is 25.9 Å². The third kappa shape index (κ3) is 3.12. The Hall–Kier alpha value is -1.88. The van der Waals surface area contributed by atoms with E-state index in [0.717, 1.165) is 11.4 Å². The summed E-state index contributed by atoms with van der Waals surface area (Å²) in [5.41, 5.74) is 1.15. The maximum Gasteiger partial charge on any atom is 0.213 e. The van der Waals surface area contributed by atoms with Crippen molar-refractivity contribution in [3.8, 4) is 5.88 Å². The third-order valence-corrected chi connectivity index (χ3v) is 3.21. The van der Waals surface area contributed by atoms with Crippen LogP contribution in [0.2, 0.25) is 0 Å². The second-order valence-electron chi connectivity index (χ2n) is 4.64. The van der Waals surface area contributed by atoms with Gasteiger partial charge in [-0.3, -0.25) is 0 Å². The van der Waals surface area contributed by atoms with E-state index in [-0.39, 0.29) is 12.1 Å². The van der Waals surface area contributed by atoms with Gasteiger partial charge in [0.05, 0.1) is 13.2 Å². The summed E-state index contributed by atoms with van der Waals surface area (Å²) in [7, 11) is 3.63. The number of pyridine rings is 1. The first-order chi connectivity index (χ1) is 9.11. The van der Waals surface area contributed by atoms with Crippen molar-refractivity contribution in [3.05, 3.63) is 42.1 Å². The highest BCUT2D eigenvalue weighted by Gasteiger charge is 2.14. The summed E-state index contributed by atoms with van der Waals surface area (Å²) in [6.45, 7) is 4.23. The second kappa shape index (κ2) is 5.84. The van der Waals surface area contributed by atoms with E-state index in [1.54, 1.807) is 13.3 Å². The minimum Gasteiger partial charge on any atom is -0.481 e. The molecule has 2 unspecified atom stereocenters. The van der Waals surface area contributed by atoms with Crippen LogP contribution in [0.5, 0.6) is 5.88 Å². The summed E-state index contributed by atoms with van der Waals surface area (Å²) in [5, 5.41) is 3.52. The van der Waals surface area contributed by atoms with E-state index in [2.05, 4.69) is 29.1 Å². The van der Waals surface area contributed by atoms with Crippen molar-refractivity contribution < 1.29 is 4.74 Å². The molecular formula is C14H20N4O. The average molecular weight is 260 g/mol. The number of nitrogens with one attached hydrogen (secondary N) is 1. The molecule has 0 spiro atoms. The largest absolute Gasteiger partial charge is 0.481 e. The summed E-state index contributed by atoms with van der Waals surface area (Å²) >= 11 is 0. The number of rotatable bonds is 5. The van der Waals surface area contributed by atoms with Gasteiger partial charge >= 0.3 is 0 Å². The molecule has 0 radical (unpaired) electrons. The summed E-state index contributed by atoms with van der Waals surface area (Å²) in [5.74, 6) is 1.66. The molecule has 0 aromatic carbocycles. The fraction of sp³-hybridized carbons (Fsp3) is 0.429. The SMILES string of the molecule is COc1cc(C(C)NC(C)c2nccn2C)ccn1. The maximum absolute atomic E-state index is 5.15. The molecule has 1 N–H and O–H groups in total. The lowest BCUT2D eigenvalue weighted by Crippen LogP contribution is -2.24. The fourth-order valence-corrected chi connectivity index (χ4v) is 2.15. The lowest BCUT2D eigenvalue weighted by atomic mass is 10.1. The molecule has 102 valence electrons. The molecule has 0 aliphatic carbocycles. The number of aromatic nitrogens is 3. The minimum absolute atomic E-state index is 0.175. The molecule has 0 aliphatic rings. The predicted molar refractivity (Wildman–Crippen MR) is 74.0 cm³/mol.